The van der Waals surface area contributed by atoms with Gasteiger partial charge in [-0.1, -0.05) is 0 Å². The normalized spacial score (nSPS) is 19.4. The standard InChI is InChI=1S/C12H22N4/c1-12(2)16-9-7-14(8-10-16)5-6-15-4-3-13-11-15/h3-4,11-12H,5-10H2,1-2H3. The van der Waals surface area contributed by atoms with Crippen molar-refractivity contribution in [3.05, 3.63) is 18.7 Å². The molecule has 4 nitrogen and oxygen atoms in total. The zero-order valence-corrected chi connectivity index (χ0v) is 10.3. The smallest absolute Gasteiger partial charge is 0.0946 e. The fourth-order valence-electron chi connectivity index (χ4n) is 2.18. The Balaban J connectivity index is 1.69. The average Bonchev–Trinajstić information content (AvgIpc) is 2.80. The third-order valence-electron chi connectivity index (χ3n) is 3.37. The molecule has 0 atom stereocenters. The lowest BCUT2D eigenvalue weighted by Crippen LogP contribution is -2.49. The van der Waals surface area contributed by atoms with Crippen LogP contribution in [0.4, 0.5) is 0 Å². The molecule has 0 N–H and O–H groups in total. The Morgan fingerprint density at radius 3 is 2.44 bits per heavy atom. The van der Waals surface area contributed by atoms with Crippen LogP contribution in [0.3, 0.4) is 0 Å². The average molecular weight is 222 g/mol. The van der Waals surface area contributed by atoms with Gasteiger partial charge in [0.2, 0.25) is 0 Å². The highest BCUT2D eigenvalue weighted by atomic mass is 15.3. The Hall–Kier alpha value is -0.870. The summed E-state index contributed by atoms with van der Waals surface area (Å²) in [5.74, 6) is 0. The molecule has 1 aliphatic heterocycles. The summed E-state index contributed by atoms with van der Waals surface area (Å²) in [6.45, 7) is 11.6. The fraction of sp³-hybridized carbons (Fsp3) is 0.750. The number of hydrogen-bond donors (Lipinski definition) is 0. The summed E-state index contributed by atoms with van der Waals surface area (Å²) >= 11 is 0. The molecule has 0 bridgehead atoms. The first-order valence-corrected chi connectivity index (χ1v) is 6.18. The molecule has 1 aliphatic rings. The summed E-state index contributed by atoms with van der Waals surface area (Å²) in [5, 5.41) is 0. The van der Waals surface area contributed by atoms with Gasteiger partial charge in [0.25, 0.3) is 0 Å². The molecule has 0 aliphatic carbocycles. The number of piperazine rings is 1. The molecule has 2 rings (SSSR count). The summed E-state index contributed by atoms with van der Waals surface area (Å²) in [6, 6.07) is 0.691. The summed E-state index contributed by atoms with van der Waals surface area (Å²) in [4.78, 5) is 9.15. The molecule has 1 aromatic heterocycles. The lowest BCUT2D eigenvalue weighted by molar-refractivity contribution is 0.106. The largest absolute Gasteiger partial charge is 0.336 e. The number of rotatable bonds is 4. The highest BCUT2D eigenvalue weighted by Gasteiger charge is 2.17. The van der Waals surface area contributed by atoms with Crippen molar-refractivity contribution in [1.82, 2.24) is 19.4 Å². The van der Waals surface area contributed by atoms with Crippen LogP contribution in [0.2, 0.25) is 0 Å². The van der Waals surface area contributed by atoms with Crippen molar-refractivity contribution < 1.29 is 0 Å². The van der Waals surface area contributed by atoms with E-state index in [-0.39, 0.29) is 0 Å². The predicted molar refractivity (Wildman–Crippen MR) is 65.4 cm³/mol. The maximum absolute atomic E-state index is 4.06. The zero-order valence-electron chi connectivity index (χ0n) is 10.3. The van der Waals surface area contributed by atoms with Gasteiger partial charge in [0.1, 0.15) is 0 Å². The van der Waals surface area contributed by atoms with Crippen molar-refractivity contribution in [1.29, 1.82) is 0 Å². The van der Waals surface area contributed by atoms with Gasteiger partial charge in [0.15, 0.2) is 0 Å². The van der Waals surface area contributed by atoms with Crippen molar-refractivity contribution in [2.24, 2.45) is 0 Å². The Bertz CT molecular complexity index is 286. The summed E-state index contributed by atoms with van der Waals surface area (Å²) in [6.07, 6.45) is 5.77. The van der Waals surface area contributed by atoms with Crippen LogP contribution >= 0.6 is 0 Å². The zero-order chi connectivity index (χ0) is 11.4. The topological polar surface area (TPSA) is 24.3 Å². The van der Waals surface area contributed by atoms with E-state index in [1.54, 1.807) is 0 Å². The van der Waals surface area contributed by atoms with Gasteiger partial charge in [0, 0.05) is 57.7 Å². The van der Waals surface area contributed by atoms with E-state index in [0.717, 1.165) is 13.1 Å². The van der Waals surface area contributed by atoms with Crippen LogP contribution in [0.1, 0.15) is 13.8 Å². The minimum absolute atomic E-state index is 0.691. The van der Waals surface area contributed by atoms with Gasteiger partial charge in [-0.25, -0.2) is 4.98 Å². The first-order chi connectivity index (χ1) is 7.75. The van der Waals surface area contributed by atoms with E-state index >= 15 is 0 Å². The van der Waals surface area contributed by atoms with Crippen molar-refractivity contribution in [3.8, 4) is 0 Å². The van der Waals surface area contributed by atoms with Gasteiger partial charge >= 0.3 is 0 Å². The summed E-state index contributed by atoms with van der Waals surface area (Å²) in [7, 11) is 0. The van der Waals surface area contributed by atoms with Crippen molar-refractivity contribution in [3.63, 3.8) is 0 Å². The van der Waals surface area contributed by atoms with Gasteiger partial charge in [0.05, 0.1) is 6.33 Å². The molecule has 0 amide bonds. The van der Waals surface area contributed by atoms with Crippen LogP contribution in [0.15, 0.2) is 18.7 Å². The lowest BCUT2D eigenvalue weighted by Gasteiger charge is -2.36. The Kier molecular flexibility index (Phi) is 3.96. The van der Waals surface area contributed by atoms with Gasteiger partial charge in [-0.3, -0.25) is 9.80 Å². The Morgan fingerprint density at radius 2 is 1.88 bits per heavy atom. The van der Waals surface area contributed by atoms with Gasteiger partial charge in [-0.2, -0.15) is 0 Å². The highest BCUT2D eigenvalue weighted by molar-refractivity contribution is 4.77. The molecular formula is C12H22N4. The van der Waals surface area contributed by atoms with E-state index in [4.69, 9.17) is 0 Å². The molecule has 0 spiro atoms. The van der Waals surface area contributed by atoms with Gasteiger partial charge in [-0.15, -0.1) is 0 Å². The molecule has 0 unspecified atom stereocenters. The molecule has 2 heterocycles. The van der Waals surface area contributed by atoms with E-state index in [1.807, 2.05) is 18.7 Å². The fourth-order valence-corrected chi connectivity index (χ4v) is 2.18. The molecule has 1 saturated heterocycles. The van der Waals surface area contributed by atoms with E-state index in [0.29, 0.717) is 6.04 Å². The van der Waals surface area contributed by atoms with Gasteiger partial charge in [-0.05, 0) is 13.8 Å². The second kappa shape index (κ2) is 5.46. The van der Waals surface area contributed by atoms with Crippen LogP contribution in [0, 0.1) is 0 Å². The minimum Gasteiger partial charge on any atom is -0.336 e. The van der Waals surface area contributed by atoms with E-state index < -0.39 is 0 Å². The van der Waals surface area contributed by atoms with E-state index in [2.05, 4.69) is 33.2 Å². The number of imidazole rings is 1. The molecule has 90 valence electrons. The second-order valence-corrected chi connectivity index (χ2v) is 4.77. The third-order valence-corrected chi connectivity index (χ3v) is 3.37. The molecule has 1 aromatic rings. The van der Waals surface area contributed by atoms with Crippen molar-refractivity contribution in [2.45, 2.75) is 26.4 Å². The number of nitrogens with zero attached hydrogens (tertiary/aromatic N) is 4. The number of hydrogen-bond acceptors (Lipinski definition) is 3. The maximum atomic E-state index is 4.06. The minimum atomic E-state index is 0.691. The summed E-state index contributed by atoms with van der Waals surface area (Å²) in [5.41, 5.74) is 0. The van der Waals surface area contributed by atoms with Crippen molar-refractivity contribution >= 4 is 0 Å². The SMILES string of the molecule is CC(C)N1CCN(CCn2ccnc2)CC1. The van der Waals surface area contributed by atoms with Crippen LogP contribution in [0.5, 0.6) is 0 Å². The molecule has 0 radical (unpaired) electrons. The summed E-state index contributed by atoms with van der Waals surface area (Å²) < 4.78 is 2.15. The molecule has 0 aromatic carbocycles. The molecule has 0 saturated carbocycles. The first-order valence-electron chi connectivity index (χ1n) is 6.18. The van der Waals surface area contributed by atoms with Gasteiger partial charge < -0.3 is 4.57 Å². The maximum Gasteiger partial charge on any atom is 0.0946 e. The Morgan fingerprint density at radius 1 is 1.12 bits per heavy atom. The molecule has 4 heteroatoms. The second-order valence-electron chi connectivity index (χ2n) is 4.77. The monoisotopic (exact) mass is 222 g/mol. The molecular weight excluding hydrogens is 200 g/mol. The van der Waals surface area contributed by atoms with Crippen LogP contribution in [0.25, 0.3) is 0 Å². The van der Waals surface area contributed by atoms with Crippen LogP contribution in [-0.4, -0.2) is 58.1 Å². The number of aromatic nitrogens is 2. The lowest BCUT2D eigenvalue weighted by atomic mass is 10.2. The molecule has 1 fully saturated rings. The quantitative estimate of drug-likeness (QED) is 0.757. The van der Waals surface area contributed by atoms with E-state index in [9.17, 15) is 0 Å². The van der Waals surface area contributed by atoms with Crippen LogP contribution < -0.4 is 0 Å². The first kappa shape index (κ1) is 11.6. The van der Waals surface area contributed by atoms with Crippen molar-refractivity contribution in [2.75, 3.05) is 32.7 Å². The third kappa shape index (κ3) is 3.06. The highest BCUT2D eigenvalue weighted by Crippen LogP contribution is 2.05. The molecule has 16 heavy (non-hydrogen) atoms. The Labute approximate surface area is 97.9 Å². The van der Waals surface area contributed by atoms with Crippen LogP contribution in [-0.2, 0) is 6.54 Å². The predicted octanol–water partition coefficient (Wildman–Crippen LogP) is 0.909. The van der Waals surface area contributed by atoms with E-state index in [1.165, 1.54) is 26.2 Å².